The number of carbonyl (C=O) groups excluding carboxylic acids is 1. The summed E-state index contributed by atoms with van der Waals surface area (Å²) < 4.78 is 22.0. The number of hydrogen-bond donors (Lipinski definition) is 0. The third kappa shape index (κ3) is 3.76. The zero-order valence-electron chi connectivity index (χ0n) is 17.3. The molecule has 7 heteroatoms. The molecule has 1 aliphatic rings. The fourth-order valence-corrected chi connectivity index (χ4v) is 3.68. The number of aromatic nitrogens is 1. The predicted octanol–water partition coefficient (Wildman–Crippen LogP) is 3.47. The summed E-state index contributed by atoms with van der Waals surface area (Å²) >= 11 is 0. The van der Waals surface area contributed by atoms with Gasteiger partial charge in [0.25, 0.3) is 5.91 Å². The summed E-state index contributed by atoms with van der Waals surface area (Å²) in [7, 11) is 4.59. The Kier molecular flexibility index (Phi) is 5.72. The smallest absolute Gasteiger partial charge is 0.254 e. The second-order valence-electron chi connectivity index (χ2n) is 6.98. The highest BCUT2D eigenvalue weighted by atomic mass is 16.5. The third-order valence-electron chi connectivity index (χ3n) is 5.25. The Morgan fingerprint density at radius 2 is 1.73 bits per heavy atom. The lowest BCUT2D eigenvalue weighted by molar-refractivity contribution is -0.0246. The van der Waals surface area contributed by atoms with Crippen molar-refractivity contribution in [3.63, 3.8) is 0 Å². The summed E-state index contributed by atoms with van der Waals surface area (Å²) in [5, 5.41) is 2.17. The number of nitrogens with zero attached hydrogens (tertiary/aromatic N) is 2. The van der Waals surface area contributed by atoms with Crippen LogP contribution in [0.25, 0.3) is 10.8 Å². The highest BCUT2D eigenvalue weighted by Gasteiger charge is 2.28. The quantitative estimate of drug-likeness (QED) is 0.644. The average Bonchev–Trinajstić information content (AvgIpc) is 2.82. The first-order valence-electron chi connectivity index (χ1n) is 9.70. The molecule has 0 bridgehead atoms. The summed E-state index contributed by atoms with van der Waals surface area (Å²) in [6.45, 7) is 1.36. The lowest BCUT2D eigenvalue weighted by Gasteiger charge is -2.33. The van der Waals surface area contributed by atoms with Crippen molar-refractivity contribution in [2.75, 3.05) is 41.0 Å². The first-order valence-corrected chi connectivity index (χ1v) is 9.70. The molecule has 2 aromatic carbocycles. The summed E-state index contributed by atoms with van der Waals surface area (Å²) in [5.41, 5.74) is 1.28. The van der Waals surface area contributed by atoms with Crippen molar-refractivity contribution in [3.05, 3.63) is 59.9 Å². The molecule has 1 aromatic heterocycles. The van der Waals surface area contributed by atoms with E-state index in [9.17, 15) is 4.79 Å². The normalized spacial score (nSPS) is 16.4. The Morgan fingerprint density at radius 3 is 2.40 bits per heavy atom. The van der Waals surface area contributed by atoms with Crippen molar-refractivity contribution in [3.8, 4) is 17.2 Å². The number of benzene rings is 2. The number of hydrogen-bond acceptors (Lipinski definition) is 6. The minimum atomic E-state index is -0.283. The van der Waals surface area contributed by atoms with Gasteiger partial charge in [0, 0.05) is 23.7 Å². The van der Waals surface area contributed by atoms with Crippen LogP contribution in [0.15, 0.2) is 48.7 Å². The van der Waals surface area contributed by atoms with Crippen LogP contribution < -0.4 is 14.2 Å². The Hall–Kier alpha value is -3.32. The summed E-state index contributed by atoms with van der Waals surface area (Å²) in [5.74, 6) is 1.22. The molecule has 0 N–H and O–H groups in total. The van der Waals surface area contributed by atoms with E-state index in [-0.39, 0.29) is 12.0 Å². The van der Waals surface area contributed by atoms with E-state index in [1.807, 2.05) is 36.5 Å². The van der Waals surface area contributed by atoms with Gasteiger partial charge < -0.3 is 23.8 Å². The van der Waals surface area contributed by atoms with E-state index in [1.54, 1.807) is 17.0 Å². The van der Waals surface area contributed by atoms with E-state index in [1.165, 1.54) is 21.3 Å². The third-order valence-corrected chi connectivity index (χ3v) is 5.25. The molecular formula is C23H24N2O5. The van der Waals surface area contributed by atoms with Gasteiger partial charge in [-0.1, -0.05) is 24.3 Å². The van der Waals surface area contributed by atoms with Crippen LogP contribution in [-0.2, 0) is 4.74 Å². The highest BCUT2D eigenvalue weighted by Crippen LogP contribution is 2.38. The highest BCUT2D eigenvalue weighted by molar-refractivity contribution is 5.95. The van der Waals surface area contributed by atoms with E-state index in [0.29, 0.717) is 42.5 Å². The van der Waals surface area contributed by atoms with Crippen LogP contribution in [0.4, 0.5) is 0 Å². The molecule has 4 rings (SSSR count). The van der Waals surface area contributed by atoms with E-state index in [4.69, 9.17) is 18.9 Å². The largest absolute Gasteiger partial charge is 0.493 e. The van der Waals surface area contributed by atoms with Gasteiger partial charge in [-0.25, -0.2) is 0 Å². The fourth-order valence-electron chi connectivity index (χ4n) is 3.68. The standard InChI is InChI=1S/C23H24N2O5/c1-27-19-11-17(12-20(28-2)22(19)29-3)23(26)25-8-9-30-21(14-25)18-10-15-6-4-5-7-16(15)13-24-18/h4-7,10-13,21H,8-9,14H2,1-3H3/t21-/m0/s1. The summed E-state index contributed by atoms with van der Waals surface area (Å²) in [6, 6.07) is 13.4. The number of fused-ring (bicyclic) bond motifs is 1. The van der Waals surface area contributed by atoms with Crippen LogP contribution in [-0.4, -0.2) is 56.8 Å². The molecule has 156 valence electrons. The van der Waals surface area contributed by atoms with Crippen molar-refractivity contribution in [1.82, 2.24) is 9.88 Å². The second kappa shape index (κ2) is 8.59. The van der Waals surface area contributed by atoms with E-state index in [0.717, 1.165) is 16.5 Å². The molecular weight excluding hydrogens is 384 g/mol. The second-order valence-corrected chi connectivity index (χ2v) is 6.98. The van der Waals surface area contributed by atoms with Crippen LogP contribution in [0.2, 0.25) is 0 Å². The van der Waals surface area contributed by atoms with Gasteiger partial charge in [0.05, 0.1) is 40.2 Å². The van der Waals surface area contributed by atoms with Gasteiger partial charge in [-0.2, -0.15) is 0 Å². The SMILES string of the molecule is COc1cc(C(=O)N2CCO[C@H](c3cc4ccccc4cn3)C2)cc(OC)c1OC. The number of morpholine rings is 1. The molecule has 0 saturated carbocycles. The fraction of sp³-hybridized carbons (Fsp3) is 0.304. The van der Waals surface area contributed by atoms with Crippen LogP contribution in [0, 0.1) is 0 Å². The number of ether oxygens (including phenoxy) is 4. The van der Waals surface area contributed by atoms with Crippen LogP contribution in [0.5, 0.6) is 17.2 Å². The molecule has 7 nitrogen and oxygen atoms in total. The van der Waals surface area contributed by atoms with E-state index >= 15 is 0 Å². The van der Waals surface area contributed by atoms with Gasteiger partial charge >= 0.3 is 0 Å². The Morgan fingerprint density at radius 1 is 1.03 bits per heavy atom. The van der Waals surface area contributed by atoms with E-state index < -0.39 is 0 Å². The molecule has 1 fully saturated rings. The number of amides is 1. The van der Waals surface area contributed by atoms with Crippen LogP contribution >= 0.6 is 0 Å². The van der Waals surface area contributed by atoms with Crippen molar-refractivity contribution in [2.24, 2.45) is 0 Å². The molecule has 0 unspecified atom stereocenters. The van der Waals surface area contributed by atoms with Crippen LogP contribution in [0.1, 0.15) is 22.2 Å². The molecule has 1 amide bonds. The number of carbonyl (C=O) groups is 1. The van der Waals surface area contributed by atoms with Crippen molar-refractivity contribution < 1.29 is 23.7 Å². The number of pyridine rings is 1. The molecule has 1 aliphatic heterocycles. The van der Waals surface area contributed by atoms with Gasteiger partial charge in [-0.15, -0.1) is 0 Å². The van der Waals surface area contributed by atoms with Crippen molar-refractivity contribution in [2.45, 2.75) is 6.10 Å². The van der Waals surface area contributed by atoms with Crippen molar-refractivity contribution in [1.29, 1.82) is 0 Å². The lowest BCUT2D eigenvalue weighted by atomic mass is 10.1. The number of rotatable bonds is 5. The molecule has 0 radical (unpaired) electrons. The molecule has 30 heavy (non-hydrogen) atoms. The van der Waals surface area contributed by atoms with Gasteiger partial charge in [-0.05, 0) is 23.6 Å². The predicted molar refractivity (Wildman–Crippen MR) is 112 cm³/mol. The van der Waals surface area contributed by atoms with Crippen LogP contribution in [0.3, 0.4) is 0 Å². The van der Waals surface area contributed by atoms with Gasteiger partial charge in [0.15, 0.2) is 11.5 Å². The Balaban J connectivity index is 1.59. The van der Waals surface area contributed by atoms with E-state index in [2.05, 4.69) is 4.98 Å². The minimum Gasteiger partial charge on any atom is -0.493 e. The monoisotopic (exact) mass is 408 g/mol. The Bertz CT molecular complexity index is 1040. The molecule has 0 spiro atoms. The maximum atomic E-state index is 13.2. The average molecular weight is 408 g/mol. The molecule has 1 saturated heterocycles. The topological polar surface area (TPSA) is 70.1 Å². The van der Waals surface area contributed by atoms with Gasteiger partial charge in [0.2, 0.25) is 5.75 Å². The Labute approximate surface area is 175 Å². The molecule has 1 atom stereocenters. The van der Waals surface area contributed by atoms with Gasteiger partial charge in [0.1, 0.15) is 6.10 Å². The maximum absolute atomic E-state index is 13.2. The van der Waals surface area contributed by atoms with Gasteiger partial charge in [-0.3, -0.25) is 9.78 Å². The van der Waals surface area contributed by atoms with Crippen molar-refractivity contribution >= 4 is 16.7 Å². The lowest BCUT2D eigenvalue weighted by Crippen LogP contribution is -2.42. The minimum absolute atomic E-state index is 0.122. The number of methoxy groups -OCH3 is 3. The molecule has 3 aromatic rings. The molecule has 2 heterocycles. The first-order chi connectivity index (χ1) is 14.6. The zero-order valence-corrected chi connectivity index (χ0v) is 17.3. The zero-order chi connectivity index (χ0) is 21.1. The maximum Gasteiger partial charge on any atom is 0.254 e. The summed E-state index contributed by atoms with van der Waals surface area (Å²) in [6.07, 6.45) is 1.56. The molecule has 0 aliphatic carbocycles. The summed E-state index contributed by atoms with van der Waals surface area (Å²) in [4.78, 5) is 19.5. The first kappa shape index (κ1) is 20.0.